The first-order chi connectivity index (χ1) is 9.69. The smallest absolute Gasteiger partial charge is 0.260 e. The van der Waals surface area contributed by atoms with Gasteiger partial charge in [-0.05, 0) is 44.3 Å². The molecule has 0 saturated carbocycles. The molecule has 0 radical (unpaired) electrons. The van der Waals surface area contributed by atoms with Crippen LogP contribution in [-0.4, -0.2) is 55.5 Å². The van der Waals surface area contributed by atoms with Gasteiger partial charge < -0.3 is 14.5 Å². The molecular weight excluding hydrogens is 254 g/mol. The highest BCUT2D eigenvalue weighted by atomic mass is 16.5. The van der Waals surface area contributed by atoms with E-state index in [-0.39, 0.29) is 12.5 Å². The number of carbonyl (C=O) groups excluding carboxylic acids is 1. The lowest BCUT2D eigenvalue weighted by Crippen LogP contribution is -2.37. The maximum absolute atomic E-state index is 12.1. The summed E-state index contributed by atoms with van der Waals surface area (Å²) in [5.74, 6) is 0.633. The number of nitrogens with zero attached hydrogens (tertiary/aromatic N) is 3. The van der Waals surface area contributed by atoms with Crippen LogP contribution in [0.5, 0.6) is 5.75 Å². The third-order valence-corrected chi connectivity index (χ3v) is 3.42. The Bertz CT molecular complexity index is 493. The highest BCUT2D eigenvalue weighted by Gasteiger charge is 2.17. The van der Waals surface area contributed by atoms with E-state index in [1.165, 1.54) is 0 Å². The molecule has 1 aliphatic heterocycles. The number of ether oxygens (including phenoxy) is 1. The molecule has 20 heavy (non-hydrogen) atoms. The van der Waals surface area contributed by atoms with Crippen molar-refractivity contribution in [3.8, 4) is 11.8 Å². The van der Waals surface area contributed by atoms with Gasteiger partial charge in [-0.1, -0.05) is 0 Å². The Morgan fingerprint density at radius 2 is 2.00 bits per heavy atom. The van der Waals surface area contributed by atoms with Crippen LogP contribution in [0.3, 0.4) is 0 Å². The number of hydrogen-bond acceptors (Lipinski definition) is 4. The molecule has 2 rings (SSSR count). The van der Waals surface area contributed by atoms with Gasteiger partial charge >= 0.3 is 0 Å². The number of carbonyl (C=O) groups is 1. The third kappa shape index (κ3) is 3.97. The highest BCUT2D eigenvalue weighted by Crippen LogP contribution is 2.12. The summed E-state index contributed by atoms with van der Waals surface area (Å²) >= 11 is 0. The number of benzene rings is 1. The summed E-state index contributed by atoms with van der Waals surface area (Å²) in [4.78, 5) is 16.2. The van der Waals surface area contributed by atoms with Crippen molar-refractivity contribution in [2.45, 2.75) is 6.42 Å². The Morgan fingerprint density at radius 1 is 1.25 bits per heavy atom. The van der Waals surface area contributed by atoms with Gasteiger partial charge in [-0.3, -0.25) is 4.79 Å². The number of nitriles is 1. The summed E-state index contributed by atoms with van der Waals surface area (Å²) in [6.07, 6.45) is 0.999. The van der Waals surface area contributed by atoms with Crippen LogP contribution in [0, 0.1) is 11.3 Å². The Morgan fingerprint density at radius 3 is 2.70 bits per heavy atom. The predicted molar refractivity (Wildman–Crippen MR) is 75.3 cm³/mol. The molecule has 1 aliphatic rings. The first kappa shape index (κ1) is 14.4. The van der Waals surface area contributed by atoms with Crippen molar-refractivity contribution in [3.63, 3.8) is 0 Å². The van der Waals surface area contributed by atoms with Crippen LogP contribution in [-0.2, 0) is 4.79 Å². The zero-order valence-electron chi connectivity index (χ0n) is 11.7. The molecule has 0 aromatic heterocycles. The molecule has 1 amide bonds. The van der Waals surface area contributed by atoms with Crippen molar-refractivity contribution in [2.75, 3.05) is 39.8 Å². The molecule has 0 bridgehead atoms. The van der Waals surface area contributed by atoms with E-state index in [0.717, 1.165) is 32.6 Å². The summed E-state index contributed by atoms with van der Waals surface area (Å²) < 4.78 is 5.47. The third-order valence-electron chi connectivity index (χ3n) is 3.42. The Labute approximate surface area is 119 Å². The lowest BCUT2D eigenvalue weighted by atomic mass is 10.2. The second kappa shape index (κ2) is 6.92. The van der Waals surface area contributed by atoms with Gasteiger partial charge in [-0.25, -0.2) is 0 Å². The number of likely N-dealkylation sites (N-methyl/N-ethyl adjacent to an activating group) is 1. The maximum atomic E-state index is 12.1. The second-order valence-electron chi connectivity index (χ2n) is 4.96. The molecule has 1 heterocycles. The largest absolute Gasteiger partial charge is 0.484 e. The van der Waals surface area contributed by atoms with E-state index in [4.69, 9.17) is 10.00 Å². The van der Waals surface area contributed by atoms with Crippen molar-refractivity contribution < 1.29 is 9.53 Å². The van der Waals surface area contributed by atoms with Crippen molar-refractivity contribution in [2.24, 2.45) is 0 Å². The fraction of sp³-hybridized carbons (Fsp3) is 0.467. The van der Waals surface area contributed by atoms with Crippen molar-refractivity contribution in [1.29, 1.82) is 5.26 Å². The van der Waals surface area contributed by atoms with E-state index in [2.05, 4.69) is 11.9 Å². The van der Waals surface area contributed by atoms with Gasteiger partial charge in [-0.15, -0.1) is 0 Å². The zero-order chi connectivity index (χ0) is 14.4. The monoisotopic (exact) mass is 273 g/mol. The molecule has 1 fully saturated rings. The van der Waals surface area contributed by atoms with Gasteiger partial charge in [0, 0.05) is 19.6 Å². The number of hydrogen-bond donors (Lipinski definition) is 0. The molecule has 0 N–H and O–H groups in total. The van der Waals surface area contributed by atoms with Crippen molar-refractivity contribution in [3.05, 3.63) is 29.8 Å². The molecule has 1 saturated heterocycles. The van der Waals surface area contributed by atoms with Crippen LogP contribution in [0.25, 0.3) is 0 Å². The zero-order valence-corrected chi connectivity index (χ0v) is 11.7. The first-order valence-corrected chi connectivity index (χ1v) is 6.78. The summed E-state index contributed by atoms with van der Waals surface area (Å²) in [6, 6.07) is 8.83. The van der Waals surface area contributed by atoms with E-state index < -0.39 is 0 Å². The summed E-state index contributed by atoms with van der Waals surface area (Å²) in [5.41, 5.74) is 0.583. The minimum absolute atomic E-state index is 0.0182. The van der Waals surface area contributed by atoms with Gasteiger partial charge in [0.25, 0.3) is 5.91 Å². The van der Waals surface area contributed by atoms with Gasteiger partial charge in [0.05, 0.1) is 11.6 Å². The quantitative estimate of drug-likeness (QED) is 0.827. The molecule has 5 heteroatoms. The summed E-state index contributed by atoms with van der Waals surface area (Å²) in [6.45, 7) is 3.53. The van der Waals surface area contributed by atoms with Crippen LogP contribution in [0.15, 0.2) is 24.3 Å². The lowest BCUT2D eigenvalue weighted by Gasteiger charge is -2.20. The average molecular weight is 273 g/mol. The summed E-state index contributed by atoms with van der Waals surface area (Å²) in [5, 5.41) is 8.71. The average Bonchev–Trinajstić information content (AvgIpc) is 2.70. The first-order valence-electron chi connectivity index (χ1n) is 6.78. The molecule has 106 valence electrons. The van der Waals surface area contributed by atoms with Crippen LogP contribution in [0.4, 0.5) is 0 Å². The van der Waals surface area contributed by atoms with Crippen LogP contribution in [0.2, 0.25) is 0 Å². The molecule has 0 spiro atoms. The Kier molecular flexibility index (Phi) is 4.97. The van der Waals surface area contributed by atoms with Crippen LogP contribution < -0.4 is 4.74 Å². The van der Waals surface area contributed by atoms with E-state index in [9.17, 15) is 4.79 Å². The van der Waals surface area contributed by atoms with Gasteiger partial charge in [-0.2, -0.15) is 5.26 Å². The summed E-state index contributed by atoms with van der Waals surface area (Å²) in [7, 11) is 2.07. The number of rotatable bonds is 3. The van der Waals surface area contributed by atoms with E-state index in [1.807, 2.05) is 11.0 Å². The van der Waals surface area contributed by atoms with Gasteiger partial charge in [0.1, 0.15) is 5.75 Å². The van der Waals surface area contributed by atoms with E-state index in [1.54, 1.807) is 24.3 Å². The molecule has 0 atom stereocenters. The molecule has 1 aromatic rings. The molecule has 0 unspecified atom stereocenters. The van der Waals surface area contributed by atoms with Gasteiger partial charge in [0.15, 0.2) is 6.61 Å². The second-order valence-corrected chi connectivity index (χ2v) is 4.96. The van der Waals surface area contributed by atoms with Crippen molar-refractivity contribution in [1.82, 2.24) is 9.80 Å². The molecule has 0 aliphatic carbocycles. The predicted octanol–water partition coefficient (Wildman–Crippen LogP) is 1.10. The lowest BCUT2D eigenvalue weighted by molar-refractivity contribution is -0.133. The topological polar surface area (TPSA) is 56.6 Å². The normalized spacial score (nSPS) is 16.3. The van der Waals surface area contributed by atoms with Crippen LogP contribution in [0.1, 0.15) is 12.0 Å². The molecule has 1 aromatic carbocycles. The molecule has 5 nitrogen and oxygen atoms in total. The maximum Gasteiger partial charge on any atom is 0.260 e. The minimum Gasteiger partial charge on any atom is -0.484 e. The Hall–Kier alpha value is -2.06. The fourth-order valence-electron chi connectivity index (χ4n) is 2.16. The SMILES string of the molecule is CN1CCCN(C(=O)COc2ccc(C#N)cc2)CC1. The standard InChI is InChI=1S/C15H19N3O2/c1-17-7-2-8-18(10-9-17)15(19)12-20-14-5-3-13(11-16)4-6-14/h3-6H,2,7-10,12H2,1H3. The number of amides is 1. The fourth-order valence-corrected chi connectivity index (χ4v) is 2.16. The minimum atomic E-state index is 0.0182. The van der Waals surface area contributed by atoms with Crippen LogP contribution >= 0.6 is 0 Å². The molecular formula is C15H19N3O2. The van der Waals surface area contributed by atoms with Gasteiger partial charge in [0.2, 0.25) is 0 Å². The van der Waals surface area contributed by atoms with E-state index >= 15 is 0 Å². The Balaban J connectivity index is 1.83. The van der Waals surface area contributed by atoms with E-state index in [0.29, 0.717) is 11.3 Å². The van der Waals surface area contributed by atoms with Crippen molar-refractivity contribution >= 4 is 5.91 Å². The highest BCUT2D eigenvalue weighted by molar-refractivity contribution is 5.77.